The summed E-state index contributed by atoms with van der Waals surface area (Å²) >= 11 is 0. The van der Waals surface area contributed by atoms with Crippen LogP contribution in [0.4, 0.5) is 0 Å². The molecule has 72 valence electrons. The zero-order valence-electron chi connectivity index (χ0n) is 8.42. The van der Waals surface area contributed by atoms with Gasteiger partial charge < -0.3 is 10.6 Å². The van der Waals surface area contributed by atoms with Crippen molar-refractivity contribution in [2.24, 2.45) is 5.73 Å². The standard InChI is InChI=1S/C10H22N2/c1-3-7-12(10-4-5-10)8-6-9(2)11/h9-10H,3-8,11H2,1-2H3. The molecule has 1 saturated carbocycles. The predicted molar refractivity (Wildman–Crippen MR) is 53.2 cm³/mol. The van der Waals surface area contributed by atoms with E-state index in [1.807, 2.05) is 0 Å². The number of hydrogen-bond donors (Lipinski definition) is 1. The van der Waals surface area contributed by atoms with Crippen molar-refractivity contribution in [1.82, 2.24) is 4.90 Å². The van der Waals surface area contributed by atoms with E-state index < -0.39 is 0 Å². The van der Waals surface area contributed by atoms with Gasteiger partial charge in [-0.1, -0.05) is 6.92 Å². The quantitative estimate of drug-likeness (QED) is 0.656. The Bertz CT molecular complexity index is 119. The van der Waals surface area contributed by atoms with Gasteiger partial charge in [0.15, 0.2) is 0 Å². The summed E-state index contributed by atoms with van der Waals surface area (Å²) in [5.41, 5.74) is 5.73. The number of hydrogen-bond acceptors (Lipinski definition) is 2. The fourth-order valence-electron chi connectivity index (χ4n) is 1.57. The van der Waals surface area contributed by atoms with Gasteiger partial charge in [0, 0.05) is 12.1 Å². The van der Waals surface area contributed by atoms with E-state index in [4.69, 9.17) is 5.73 Å². The lowest BCUT2D eigenvalue weighted by molar-refractivity contribution is 0.255. The van der Waals surface area contributed by atoms with Gasteiger partial charge in [0.1, 0.15) is 0 Å². The zero-order chi connectivity index (χ0) is 8.97. The summed E-state index contributed by atoms with van der Waals surface area (Å²) in [6.45, 7) is 6.81. The molecule has 2 N–H and O–H groups in total. The Kier molecular flexibility index (Phi) is 4.02. The number of rotatable bonds is 6. The van der Waals surface area contributed by atoms with Gasteiger partial charge in [-0.25, -0.2) is 0 Å². The SMILES string of the molecule is CCCN(CCC(C)N)C1CC1. The van der Waals surface area contributed by atoms with E-state index in [0.717, 1.165) is 12.5 Å². The summed E-state index contributed by atoms with van der Waals surface area (Å²) < 4.78 is 0. The van der Waals surface area contributed by atoms with Crippen LogP contribution >= 0.6 is 0 Å². The second-order valence-electron chi connectivity index (χ2n) is 4.03. The topological polar surface area (TPSA) is 29.3 Å². The van der Waals surface area contributed by atoms with Crippen molar-refractivity contribution < 1.29 is 0 Å². The molecule has 1 rings (SSSR count). The average molecular weight is 170 g/mol. The monoisotopic (exact) mass is 170 g/mol. The van der Waals surface area contributed by atoms with E-state index in [2.05, 4.69) is 18.7 Å². The number of nitrogens with two attached hydrogens (primary N) is 1. The van der Waals surface area contributed by atoms with Crippen molar-refractivity contribution in [2.75, 3.05) is 13.1 Å². The highest BCUT2D eigenvalue weighted by Gasteiger charge is 2.27. The molecule has 2 nitrogen and oxygen atoms in total. The van der Waals surface area contributed by atoms with Crippen molar-refractivity contribution in [3.63, 3.8) is 0 Å². The Morgan fingerprint density at radius 3 is 2.50 bits per heavy atom. The second kappa shape index (κ2) is 4.83. The molecule has 0 aromatic heterocycles. The summed E-state index contributed by atoms with van der Waals surface area (Å²) in [6, 6.07) is 1.27. The summed E-state index contributed by atoms with van der Waals surface area (Å²) in [5, 5.41) is 0. The maximum Gasteiger partial charge on any atom is 0.00964 e. The van der Waals surface area contributed by atoms with Gasteiger partial charge in [-0.2, -0.15) is 0 Å². The van der Waals surface area contributed by atoms with Crippen molar-refractivity contribution in [2.45, 2.75) is 51.6 Å². The van der Waals surface area contributed by atoms with E-state index >= 15 is 0 Å². The number of nitrogens with zero attached hydrogens (tertiary/aromatic N) is 1. The van der Waals surface area contributed by atoms with Crippen LogP contribution in [0.15, 0.2) is 0 Å². The maximum atomic E-state index is 5.73. The summed E-state index contributed by atoms with van der Waals surface area (Å²) in [6.07, 6.45) is 5.25. The lowest BCUT2D eigenvalue weighted by Crippen LogP contribution is -2.31. The van der Waals surface area contributed by atoms with Gasteiger partial charge in [0.2, 0.25) is 0 Å². The van der Waals surface area contributed by atoms with E-state index in [1.54, 1.807) is 0 Å². The van der Waals surface area contributed by atoms with Crippen LogP contribution in [0.25, 0.3) is 0 Å². The highest BCUT2D eigenvalue weighted by Crippen LogP contribution is 2.26. The first kappa shape index (κ1) is 10.0. The van der Waals surface area contributed by atoms with E-state index in [-0.39, 0.29) is 0 Å². The Morgan fingerprint density at radius 1 is 1.42 bits per heavy atom. The first-order chi connectivity index (χ1) is 5.74. The minimum atomic E-state index is 0.364. The Morgan fingerprint density at radius 2 is 2.08 bits per heavy atom. The first-order valence-corrected chi connectivity index (χ1v) is 5.23. The van der Waals surface area contributed by atoms with Crippen molar-refractivity contribution >= 4 is 0 Å². The largest absolute Gasteiger partial charge is 0.328 e. The van der Waals surface area contributed by atoms with Crippen LogP contribution in [0.2, 0.25) is 0 Å². The summed E-state index contributed by atoms with van der Waals surface area (Å²) in [7, 11) is 0. The Labute approximate surface area is 76.1 Å². The molecule has 0 aromatic rings. The maximum absolute atomic E-state index is 5.73. The molecular formula is C10H22N2. The van der Waals surface area contributed by atoms with Gasteiger partial charge in [-0.15, -0.1) is 0 Å². The molecule has 0 amide bonds. The van der Waals surface area contributed by atoms with Crippen molar-refractivity contribution in [3.8, 4) is 0 Å². The molecule has 0 bridgehead atoms. The molecule has 12 heavy (non-hydrogen) atoms. The van der Waals surface area contributed by atoms with Crippen LogP contribution in [0.3, 0.4) is 0 Å². The molecule has 0 aromatic carbocycles. The van der Waals surface area contributed by atoms with Crippen LogP contribution in [0.5, 0.6) is 0 Å². The molecule has 0 saturated heterocycles. The molecule has 2 heteroatoms. The molecule has 1 unspecified atom stereocenters. The summed E-state index contributed by atoms with van der Waals surface area (Å²) in [5.74, 6) is 0. The summed E-state index contributed by atoms with van der Waals surface area (Å²) in [4.78, 5) is 2.60. The molecule has 1 atom stereocenters. The minimum absolute atomic E-state index is 0.364. The minimum Gasteiger partial charge on any atom is -0.328 e. The van der Waals surface area contributed by atoms with Crippen molar-refractivity contribution in [3.05, 3.63) is 0 Å². The van der Waals surface area contributed by atoms with Gasteiger partial charge in [-0.3, -0.25) is 0 Å². The van der Waals surface area contributed by atoms with Gasteiger partial charge in [0.05, 0.1) is 0 Å². The van der Waals surface area contributed by atoms with Gasteiger partial charge in [0.25, 0.3) is 0 Å². The van der Waals surface area contributed by atoms with E-state index in [9.17, 15) is 0 Å². The fraction of sp³-hybridized carbons (Fsp3) is 1.00. The normalized spacial score (nSPS) is 20.0. The average Bonchev–Trinajstić information content (AvgIpc) is 2.79. The van der Waals surface area contributed by atoms with Crippen LogP contribution < -0.4 is 5.73 Å². The van der Waals surface area contributed by atoms with Gasteiger partial charge in [-0.05, 0) is 45.7 Å². The second-order valence-corrected chi connectivity index (χ2v) is 4.03. The van der Waals surface area contributed by atoms with E-state index in [0.29, 0.717) is 6.04 Å². The first-order valence-electron chi connectivity index (χ1n) is 5.23. The fourth-order valence-corrected chi connectivity index (χ4v) is 1.57. The Balaban J connectivity index is 2.13. The van der Waals surface area contributed by atoms with E-state index in [1.165, 1.54) is 32.4 Å². The molecule has 1 fully saturated rings. The van der Waals surface area contributed by atoms with Crippen LogP contribution in [0, 0.1) is 0 Å². The Hall–Kier alpha value is -0.0800. The highest BCUT2D eigenvalue weighted by atomic mass is 15.2. The third kappa shape index (κ3) is 3.55. The lowest BCUT2D eigenvalue weighted by Gasteiger charge is -2.21. The van der Waals surface area contributed by atoms with Crippen LogP contribution in [0.1, 0.15) is 39.5 Å². The molecular weight excluding hydrogens is 148 g/mol. The zero-order valence-corrected chi connectivity index (χ0v) is 8.42. The molecule has 1 aliphatic carbocycles. The van der Waals surface area contributed by atoms with Crippen molar-refractivity contribution in [1.29, 1.82) is 0 Å². The molecule has 0 aliphatic heterocycles. The third-order valence-electron chi connectivity index (χ3n) is 2.45. The predicted octanol–water partition coefficient (Wildman–Crippen LogP) is 1.60. The smallest absolute Gasteiger partial charge is 0.00964 e. The van der Waals surface area contributed by atoms with Crippen LogP contribution in [-0.2, 0) is 0 Å². The third-order valence-corrected chi connectivity index (χ3v) is 2.45. The molecule has 0 radical (unpaired) electrons. The molecule has 1 aliphatic rings. The lowest BCUT2D eigenvalue weighted by atomic mass is 10.2. The van der Waals surface area contributed by atoms with Crippen LogP contribution in [-0.4, -0.2) is 30.1 Å². The molecule has 0 spiro atoms. The molecule has 0 heterocycles. The van der Waals surface area contributed by atoms with Gasteiger partial charge >= 0.3 is 0 Å². The highest BCUT2D eigenvalue weighted by molar-refractivity contribution is 4.84.